The summed E-state index contributed by atoms with van der Waals surface area (Å²) in [5.41, 5.74) is 0.593. The summed E-state index contributed by atoms with van der Waals surface area (Å²) in [6.07, 6.45) is 0. The number of carbonyl (C=O) groups excluding carboxylic acids is 1. The Hall–Kier alpha value is -0.300. The van der Waals surface area contributed by atoms with Crippen LogP contribution < -0.4 is 0 Å². The second kappa shape index (κ2) is 6.43. The molecule has 1 heterocycles. The van der Waals surface area contributed by atoms with Crippen molar-refractivity contribution in [1.82, 2.24) is 4.90 Å². The zero-order valence-electron chi connectivity index (χ0n) is 9.99. The Balaban J connectivity index is 2.12. The highest BCUT2D eigenvalue weighted by Crippen LogP contribution is 2.24. The molecule has 0 bridgehead atoms. The van der Waals surface area contributed by atoms with Crippen molar-refractivity contribution in [1.29, 1.82) is 0 Å². The molecule has 0 aliphatic heterocycles. The van der Waals surface area contributed by atoms with Crippen molar-refractivity contribution in [2.75, 3.05) is 7.05 Å². The lowest BCUT2D eigenvalue weighted by Gasteiger charge is -2.16. The van der Waals surface area contributed by atoms with Crippen molar-refractivity contribution in [2.24, 2.45) is 0 Å². The predicted molar refractivity (Wildman–Crippen MR) is 89.3 cm³/mol. The first-order valence-electron chi connectivity index (χ1n) is 5.42. The van der Waals surface area contributed by atoms with Gasteiger partial charge in [0.2, 0.25) is 0 Å². The number of thiophene rings is 1. The number of benzene rings is 1. The van der Waals surface area contributed by atoms with Crippen LogP contribution in [0.15, 0.2) is 30.3 Å². The number of halogens is 3. The molecule has 6 heteroatoms. The van der Waals surface area contributed by atoms with Crippen molar-refractivity contribution in [3.8, 4) is 0 Å². The Labute approximate surface area is 139 Å². The summed E-state index contributed by atoms with van der Waals surface area (Å²) in [7, 11) is 1.77. The van der Waals surface area contributed by atoms with Crippen LogP contribution in [0.4, 0.5) is 0 Å². The smallest absolute Gasteiger partial charge is 0.253 e. The zero-order chi connectivity index (χ0) is 14.0. The lowest BCUT2D eigenvalue weighted by molar-refractivity contribution is 0.0786. The van der Waals surface area contributed by atoms with Gasteiger partial charge in [0.25, 0.3) is 5.91 Å². The minimum Gasteiger partial charge on any atom is -0.337 e. The molecule has 1 amide bonds. The molecule has 0 atom stereocenters. The fourth-order valence-corrected chi connectivity index (χ4v) is 3.25. The summed E-state index contributed by atoms with van der Waals surface area (Å²) >= 11 is 15.5. The summed E-state index contributed by atoms with van der Waals surface area (Å²) in [4.78, 5) is 15.0. The van der Waals surface area contributed by atoms with Crippen molar-refractivity contribution < 1.29 is 4.79 Å². The van der Waals surface area contributed by atoms with Gasteiger partial charge in [0.05, 0.1) is 15.9 Å². The van der Waals surface area contributed by atoms with E-state index in [2.05, 4.69) is 22.6 Å². The van der Waals surface area contributed by atoms with Crippen LogP contribution >= 0.6 is 57.1 Å². The SMILES string of the molecule is CN(Cc1ccc(Cl)s1)C(=O)c1ccc(I)c(Cl)c1. The Morgan fingerprint density at radius 3 is 2.63 bits per heavy atom. The van der Waals surface area contributed by atoms with Crippen LogP contribution in [0, 0.1) is 3.57 Å². The number of rotatable bonds is 3. The maximum absolute atomic E-state index is 12.3. The fraction of sp³-hybridized carbons (Fsp3) is 0.154. The van der Waals surface area contributed by atoms with Crippen LogP contribution in [-0.2, 0) is 6.54 Å². The van der Waals surface area contributed by atoms with Gasteiger partial charge in [-0.05, 0) is 52.9 Å². The summed E-state index contributed by atoms with van der Waals surface area (Å²) in [6, 6.07) is 9.09. The largest absolute Gasteiger partial charge is 0.337 e. The Bertz CT molecular complexity index is 614. The highest BCUT2D eigenvalue weighted by molar-refractivity contribution is 14.1. The molecule has 1 aromatic carbocycles. The normalized spacial score (nSPS) is 10.5. The van der Waals surface area contributed by atoms with E-state index in [1.165, 1.54) is 11.3 Å². The van der Waals surface area contributed by atoms with Gasteiger partial charge in [0, 0.05) is 21.1 Å². The highest BCUT2D eigenvalue weighted by atomic mass is 127. The average molecular weight is 426 g/mol. The third-order valence-corrected chi connectivity index (χ3v) is 5.32. The quantitative estimate of drug-likeness (QED) is 0.638. The molecule has 0 aliphatic carbocycles. The van der Waals surface area contributed by atoms with E-state index in [0.717, 1.165) is 12.8 Å². The number of nitrogens with zero attached hydrogens (tertiary/aromatic N) is 1. The average Bonchev–Trinajstić information content (AvgIpc) is 2.77. The number of hydrogen-bond donors (Lipinski definition) is 0. The highest BCUT2D eigenvalue weighted by Gasteiger charge is 2.14. The molecule has 2 nitrogen and oxygen atoms in total. The molecule has 19 heavy (non-hydrogen) atoms. The van der Waals surface area contributed by atoms with Crippen molar-refractivity contribution >= 4 is 63.0 Å². The van der Waals surface area contributed by atoms with Gasteiger partial charge in [0.15, 0.2) is 0 Å². The first-order chi connectivity index (χ1) is 8.97. The van der Waals surface area contributed by atoms with Gasteiger partial charge < -0.3 is 4.90 Å². The molecule has 0 unspecified atom stereocenters. The number of hydrogen-bond acceptors (Lipinski definition) is 2. The molecule has 0 saturated carbocycles. The molecule has 0 radical (unpaired) electrons. The molecule has 100 valence electrons. The van der Waals surface area contributed by atoms with Crippen molar-refractivity contribution in [2.45, 2.75) is 6.54 Å². The van der Waals surface area contributed by atoms with E-state index in [1.807, 2.05) is 18.2 Å². The molecule has 0 N–H and O–H groups in total. The van der Waals surface area contributed by atoms with Crippen LogP contribution in [0.25, 0.3) is 0 Å². The number of carbonyl (C=O) groups is 1. The van der Waals surface area contributed by atoms with Gasteiger partial charge in [-0.15, -0.1) is 11.3 Å². The number of amides is 1. The molecular weight excluding hydrogens is 416 g/mol. The second-order valence-corrected chi connectivity index (χ2v) is 7.36. The van der Waals surface area contributed by atoms with Gasteiger partial charge in [-0.1, -0.05) is 23.2 Å². The molecule has 0 aliphatic rings. The van der Waals surface area contributed by atoms with E-state index in [1.54, 1.807) is 24.1 Å². The monoisotopic (exact) mass is 425 g/mol. The first kappa shape index (κ1) is 15.1. The van der Waals surface area contributed by atoms with E-state index in [-0.39, 0.29) is 5.91 Å². The summed E-state index contributed by atoms with van der Waals surface area (Å²) in [5, 5.41) is 0.596. The van der Waals surface area contributed by atoms with E-state index in [0.29, 0.717) is 17.1 Å². The van der Waals surface area contributed by atoms with Gasteiger partial charge in [-0.2, -0.15) is 0 Å². The maximum atomic E-state index is 12.3. The van der Waals surface area contributed by atoms with Gasteiger partial charge in [-0.3, -0.25) is 4.79 Å². The molecule has 1 aromatic heterocycles. The molecule has 0 fully saturated rings. The molecule has 0 saturated heterocycles. The second-order valence-electron chi connectivity index (χ2n) is 4.00. The topological polar surface area (TPSA) is 20.3 Å². The van der Waals surface area contributed by atoms with Crippen molar-refractivity contribution in [3.63, 3.8) is 0 Å². The molecule has 2 aromatic rings. The Kier molecular flexibility index (Phi) is 5.11. The standard InChI is InChI=1S/C13H10Cl2INOS/c1-17(7-9-3-5-12(15)19-9)13(18)8-2-4-11(16)10(14)6-8/h2-6H,7H2,1H3. The zero-order valence-corrected chi connectivity index (χ0v) is 14.5. The lowest BCUT2D eigenvalue weighted by Crippen LogP contribution is -2.25. The minimum atomic E-state index is -0.0529. The molecule has 2 rings (SSSR count). The fourth-order valence-electron chi connectivity index (χ4n) is 1.59. The summed E-state index contributed by atoms with van der Waals surface area (Å²) in [6.45, 7) is 0.541. The minimum absolute atomic E-state index is 0.0529. The van der Waals surface area contributed by atoms with Gasteiger partial charge >= 0.3 is 0 Å². The summed E-state index contributed by atoms with van der Waals surface area (Å²) < 4.78 is 1.66. The van der Waals surface area contributed by atoms with Crippen molar-refractivity contribution in [3.05, 3.63) is 53.7 Å². The molecular formula is C13H10Cl2INOS. The predicted octanol–water partition coefficient (Wildman–Crippen LogP) is 4.93. The van der Waals surface area contributed by atoms with Crippen LogP contribution in [0.1, 0.15) is 15.2 Å². The van der Waals surface area contributed by atoms with Crippen LogP contribution in [0.5, 0.6) is 0 Å². The maximum Gasteiger partial charge on any atom is 0.253 e. The third kappa shape index (κ3) is 3.84. The van der Waals surface area contributed by atoms with E-state index < -0.39 is 0 Å². The lowest BCUT2D eigenvalue weighted by atomic mass is 10.2. The van der Waals surface area contributed by atoms with Gasteiger partial charge in [-0.25, -0.2) is 0 Å². The first-order valence-corrected chi connectivity index (χ1v) is 8.07. The van der Waals surface area contributed by atoms with E-state index in [4.69, 9.17) is 23.2 Å². The van der Waals surface area contributed by atoms with E-state index >= 15 is 0 Å². The van der Waals surface area contributed by atoms with Gasteiger partial charge in [0.1, 0.15) is 0 Å². The van der Waals surface area contributed by atoms with Crippen LogP contribution in [0.2, 0.25) is 9.36 Å². The van der Waals surface area contributed by atoms with Crippen LogP contribution in [-0.4, -0.2) is 17.9 Å². The van der Waals surface area contributed by atoms with E-state index in [9.17, 15) is 4.79 Å². The third-order valence-electron chi connectivity index (χ3n) is 2.54. The molecule has 0 spiro atoms. The Morgan fingerprint density at radius 1 is 1.32 bits per heavy atom. The van der Waals surface area contributed by atoms with Crippen LogP contribution in [0.3, 0.4) is 0 Å². The summed E-state index contributed by atoms with van der Waals surface area (Å²) in [5.74, 6) is -0.0529. The Morgan fingerprint density at radius 2 is 2.05 bits per heavy atom.